The predicted molar refractivity (Wildman–Crippen MR) is 94.9 cm³/mol. The van der Waals surface area contributed by atoms with Gasteiger partial charge in [-0.15, -0.1) is 0 Å². The van der Waals surface area contributed by atoms with Crippen molar-refractivity contribution in [2.45, 2.75) is 26.7 Å². The van der Waals surface area contributed by atoms with Crippen molar-refractivity contribution in [3.8, 4) is 0 Å². The fraction of sp³-hybridized carbons (Fsp3) is 0.316. The molecule has 23 heavy (non-hydrogen) atoms. The van der Waals surface area contributed by atoms with Gasteiger partial charge in [0.2, 0.25) is 0 Å². The minimum absolute atomic E-state index is 0.0144. The summed E-state index contributed by atoms with van der Waals surface area (Å²) in [6.45, 7) is 5.89. The molecule has 0 aliphatic heterocycles. The number of hydrogen-bond acceptors (Lipinski definition) is 3. The first-order valence-corrected chi connectivity index (χ1v) is 9.54. The lowest BCUT2D eigenvalue weighted by atomic mass is 9.71. The van der Waals surface area contributed by atoms with Gasteiger partial charge in [-0.1, -0.05) is 38.1 Å². The van der Waals surface area contributed by atoms with Crippen LogP contribution in [0.15, 0.2) is 59.2 Å². The van der Waals surface area contributed by atoms with Gasteiger partial charge in [0.25, 0.3) is 0 Å². The van der Waals surface area contributed by atoms with E-state index in [1.807, 2.05) is 51.1 Å². The molecule has 0 N–H and O–H groups in total. The molecule has 0 spiro atoms. The number of benzene rings is 1. The van der Waals surface area contributed by atoms with Gasteiger partial charge < -0.3 is 0 Å². The largest absolute Gasteiger partial charge is 0.256 e. The first-order valence-electron chi connectivity index (χ1n) is 7.65. The van der Waals surface area contributed by atoms with E-state index in [0.29, 0.717) is 4.91 Å². The molecule has 2 aromatic rings. The van der Waals surface area contributed by atoms with Gasteiger partial charge in [-0.2, -0.15) is 0 Å². The molecular formula is C19H21NO2S. The summed E-state index contributed by atoms with van der Waals surface area (Å²) >= 11 is 0. The monoisotopic (exact) mass is 327 g/mol. The van der Waals surface area contributed by atoms with E-state index < -0.39 is 15.3 Å². The first kappa shape index (κ1) is 15.9. The number of pyridine rings is 1. The minimum Gasteiger partial charge on any atom is -0.256 e. The van der Waals surface area contributed by atoms with Crippen LogP contribution in [0.1, 0.15) is 32.3 Å². The van der Waals surface area contributed by atoms with Crippen molar-refractivity contribution in [1.82, 2.24) is 4.98 Å². The van der Waals surface area contributed by atoms with Gasteiger partial charge in [-0.25, -0.2) is 8.42 Å². The number of aromatic nitrogens is 1. The molecule has 0 fully saturated rings. The van der Waals surface area contributed by atoms with Gasteiger partial charge >= 0.3 is 0 Å². The molecule has 1 atom stereocenters. The Morgan fingerprint density at radius 2 is 1.91 bits per heavy atom. The summed E-state index contributed by atoms with van der Waals surface area (Å²) in [5.41, 5.74) is 2.41. The maximum Gasteiger partial charge on any atom is 0.172 e. The summed E-state index contributed by atoms with van der Waals surface area (Å²) in [5.74, 6) is 0.0144. The lowest BCUT2D eigenvalue weighted by Gasteiger charge is -2.38. The van der Waals surface area contributed by atoms with Crippen molar-refractivity contribution >= 4 is 20.7 Å². The van der Waals surface area contributed by atoms with Crippen LogP contribution in [0.5, 0.6) is 0 Å². The van der Waals surface area contributed by atoms with Crippen molar-refractivity contribution in [2.75, 3.05) is 6.26 Å². The highest BCUT2D eigenvalue weighted by atomic mass is 32.2. The van der Waals surface area contributed by atoms with Crippen molar-refractivity contribution < 1.29 is 8.42 Å². The topological polar surface area (TPSA) is 47.0 Å². The first-order chi connectivity index (χ1) is 10.7. The standard InChI is InChI=1S/C19H21NO2S/c1-13-7-9-16(19(2,3)18(13)23(4,21)22)14-8-10-17-15(12-14)6-5-11-20-17/h5-12,16H,1-4H3. The molecule has 0 radical (unpaired) electrons. The Labute approximate surface area is 137 Å². The summed E-state index contributed by atoms with van der Waals surface area (Å²) in [4.78, 5) is 4.88. The van der Waals surface area contributed by atoms with Crippen LogP contribution < -0.4 is 0 Å². The lowest BCUT2D eigenvalue weighted by molar-refractivity contribution is 0.404. The molecule has 3 nitrogen and oxygen atoms in total. The van der Waals surface area contributed by atoms with Crippen LogP contribution in [0.25, 0.3) is 10.9 Å². The molecule has 0 saturated heterocycles. The third-order valence-electron chi connectivity index (χ3n) is 4.62. The Morgan fingerprint density at radius 1 is 1.17 bits per heavy atom. The highest BCUT2D eigenvalue weighted by Crippen LogP contribution is 2.48. The zero-order chi connectivity index (χ0) is 16.8. The second-order valence-corrected chi connectivity index (χ2v) is 8.75. The van der Waals surface area contributed by atoms with Crippen LogP contribution in [-0.2, 0) is 9.84 Å². The molecule has 4 heteroatoms. The number of nitrogens with zero attached hydrogens (tertiary/aromatic N) is 1. The molecule has 1 aliphatic rings. The number of allylic oxidation sites excluding steroid dienone is 4. The Kier molecular flexibility index (Phi) is 3.68. The zero-order valence-corrected chi connectivity index (χ0v) is 14.7. The van der Waals surface area contributed by atoms with Gasteiger partial charge in [0, 0.05) is 29.2 Å². The second-order valence-electron chi connectivity index (χ2n) is 6.80. The number of sulfone groups is 1. The van der Waals surface area contributed by atoms with Crippen molar-refractivity contribution in [3.05, 3.63) is 64.7 Å². The zero-order valence-electron chi connectivity index (χ0n) is 13.9. The third kappa shape index (κ3) is 2.72. The molecule has 0 bridgehead atoms. The van der Waals surface area contributed by atoms with Gasteiger partial charge in [0.05, 0.1) is 10.4 Å². The fourth-order valence-corrected chi connectivity index (χ4v) is 5.53. The highest BCUT2D eigenvalue weighted by Gasteiger charge is 2.40. The molecule has 1 aromatic carbocycles. The fourth-order valence-electron chi connectivity index (χ4n) is 3.79. The third-order valence-corrected chi connectivity index (χ3v) is 6.21. The molecule has 120 valence electrons. The van der Waals surface area contributed by atoms with Crippen molar-refractivity contribution in [1.29, 1.82) is 0 Å². The summed E-state index contributed by atoms with van der Waals surface area (Å²) < 4.78 is 24.6. The number of hydrogen-bond donors (Lipinski definition) is 0. The SMILES string of the molecule is CC1=C(S(C)(=O)=O)C(C)(C)C(c2ccc3ncccc3c2)C=C1. The van der Waals surface area contributed by atoms with E-state index in [4.69, 9.17) is 0 Å². The van der Waals surface area contributed by atoms with E-state index in [1.54, 1.807) is 6.20 Å². The average Bonchev–Trinajstić information content (AvgIpc) is 2.44. The summed E-state index contributed by atoms with van der Waals surface area (Å²) in [6.07, 6.45) is 7.12. The van der Waals surface area contributed by atoms with E-state index in [9.17, 15) is 8.42 Å². The smallest absolute Gasteiger partial charge is 0.172 e. The van der Waals surface area contributed by atoms with Crippen LogP contribution in [-0.4, -0.2) is 19.7 Å². The number of fused-ring (bicyclic) bond motifs is 1. The molecule has 0 saturated carbocycles. The van der Waals surface area contributed by atoms with Gasteiger partial charge in [-0.3, -0.25) is 4.98 Å². The van der Waals surface area contributed by atoms with E-state index >= 15 is 0 Å². The summed E-state index contributed by atoms with van der Waals surface area (Å²) in [7, 11) is -3.25. The van der Waals surface area contributed by atoms with Crippen molar-refractivity contribution in [3.63, 3.8) is 0 Å². The average molecular weight is 327 g/mol. The van der Waals surface area contributed by atoms with E-state index in [1.165, 1.54) is 6.26 Å². The van der Waals surface area contributed by atoms with Crippen LogP contribution in [0.3, 0.4) is 0 Å². The molecule has 0 amide bonds. The summed E-state index contributed by atoms with van der Waals surface area (Å²) in [6, 6.07) is 10.1. The second kappa shape index (κ2) is 5.31. The minimum atomic E-state index is -3.25. The molecule has 1 unspecified atom stereocenters. The summed E-state index contributed by atoms with van der Waals surface area (Å²) in [5, 5.41) is 1.07. The maximum absolute atomic E-state index is 12.3. The Morgan fingerprint density at radius 3 is 2.61 bits per heavy atom. The van der Waals surface area contributed by atoms with E-state index in [-0.39, 0.29) is 5.92 Å². The Hall–Kier alpha value is -1.94. The molecular weight excluding hydrogens is 306 g/mol. The predicted octanol–water partition coefficient (Wildman–Crippen LogP) is 4.23. The van der Waals surface area contributed by atoms with Crippen molar-refractivity contribution in [2.24, 2.45) is 5.41 Å². The number of rotatable bonds is 2. The normalized spacial score (nSPS) is 21.0. The Balaban J connectivity index is 2.15. The Bertz CT molecular complexity index is 937. The van der Waals surface area contributed by atoms with Gasteiger partial charge in [-0.05, 0) is 36.3 Å². The van der Waals surface area contributed by atoms with E-state index in [0.717, 1.165) is 22.0 Å². The van der Waals surface area contributed by atoms with E-state index in [2.05, 4.69) is 17.1 Å². The van der Waals surface area contributed by atoms with Gasteiger partial charge in [0.15, 0.2) is 9.84 Å². The van der Waals surface area contributed by atoms with Crippen LogP contribution >= 0.6 is 0 Å². The van der Waals surface area contributed by atoms with Gasteiger partial charge in [0.1, 0.15) is 0 Å². The molecule has 3 rings (SSSR count). The van der Waals surface area contributed by atoms with Crippen LogP contribution in [0.2, 0.25) is 0 Å². The van der Waals surface area contributed by atoms with Crippen LogP contribution in [0, 0.1) is 5.41 Å². The van der Waals surface area contributed by atoms with Crippen LogP contribution in [0.4, 0.5) is 0 Å². The maximum atomic E-state index is 12.3. The molecule has 1 aromatic heterocycles. The lowest BCUT2D eigenvalue weighted by Crippen LogP contribution is -2.30. The quantitative estimate of drug-likeness (QED) is 0.829. The molecule has 1 heterocycles. The highest BCUT2D eigenvalue weighted by molar-refractivity contribution is 7.94. The molecule has 1 aliphatic carbocycles.